The van der Waals surface area contributed by atoms with Gasteiger partial charge in [-0.2, -0.15) is 0 Å². The SMILES string of the molecule is C=CC1=C(C)/C(=C/c2[nH]c(/C=C3N=C(/C=C4\OC(=O)[C@H](C)[C@H]4[C@H](C)OCc4ccccc4)C(C)=C\3CCC(=O)OC)c(CCC(=O)OC)c2C)OC1=O. The van der Waals surface area contributed by atoms with Crippen molar-refractivity contribution in [2.75, 3.05) is 14.2 Å². The number of carbonyl (C=O) groups is 4. The maximum absolute atomic E-state index is 12.9. The van der Waals surface area contributed by atoms with E-state index in [1.807, 2.05) is 64.1 Å². The van der Waals surface area contributed by atoms with Crippen LogP contribution in [0.15, 0.2) is 93.6 Å². The van der Waals surface area contributed by atoms with Gasteiger partial charge in [0.1, 0.15) is 11.5 Å². The lowest BCUT2D eigenvalue weighted by Gasteiger charge is -2.22. The predicted octanol–water partition coefficient (Wildman–Crippen LogP) is 7.19. The number of hydrogen-bond donors (Lipinski definition) is 1. The minimum absolute atomic E-state index is 0.123. The third-order valence-corrected chi connectivity index (χ3v) is 10.0. The summed E-state index contributed by atoms with van der Waals surface area (Å²) in [6.45, 7) is 13.5. The summed E-state index contributed by atoms with van der Waals surface area (Å²) in [5.74, 6) is -1.45. The summed E-state index contributed by atoms with van der Waals surface area (Å²) in [7, 11) is 2.69. The molecule has 4 heterocycles. The number of cyclic esters (lactones) is 2. The first-order valence-corrected chi connectivity index (χ1v) is 17.6. The summed E-state index contributed by atoms with van der Waals surface area (Å²) in [6, 6.07) is 9.82. The molecule has 0 radical (unpaired) electrons. The van der Waals surface area contributed by atoms with Crippen LogP contribution in [-0.4, -0.2) is 54.9 Å². The topological polar surface area (TPSA) is 143 Å². The molecule has 1 saturated heterocycles. The number of hydrogen-bond acceptors (Lipinski definition) is 10. The molecule has 278 valence electrons. The smallest absolute Gasteiger partial charge is 0.343 e. The molecule has 3 aliphatic heterocycles. The summed E-state index contributed by atoms with van der Waals surface area (Å²) in [6.07, 6.45) is 7.53. The molecular weight excluding hydrogens is 676 g/mol. The molecule has 0 bridgehead atoms. The van der Waals surface area contributed by atoms with Crippen LogP contribution in [0.5, 0.6) is 0 Å². The van der Waals surface area contributed by atoms with Gasteiger partial charge in [-0.05, 0) is 74.4 Å². The molecule has 0 amide bonds. The molecule has 0 unspecified atom stereocenters. The number of allylic oxidation sites excluding steroid dienone is 4. The van der Waals surface area contributed by atoms with E-state index in [-0.39, 0.29) is 42.8 Å². The van der Waals surface area contributed by atoms with E-state index in [1.165, 1.54) is 20.3 Å². The lowest BCUT2D eigenvalue weighted by Crippen LogP contribution is -2.26. The van der Waals surface area contributed by atoms with E-state index >= 15 is 0 Å². The van der Waals surface area contributed by atoms with Gasteiger partial charge in [-0.1, -0.05) is 49.9 Å². The maximum Gasteiger partial charge on any atom is 0.343 e. The van der Waals surface area contributed by atoms with Crippen molar-refractivity contribution < 1.29 is 42.9 Å². The van der Waals surface area contributed by atoms with E-state index in [4.69, 9.17) is 28.7 Å². The Hall–Kier alpha value is -5.55. The van der Waals surface area contributed by atoms with Crippen molar-refractivity contribution in [3.8, 4) is 0 Å². The number of ether oxygens (including phenoxy) is 5. The van der Waals surface area contributed by atoms with Crippen LogP contribution in [0.2, 0.25) is 0 Å². The van der Waals surface area contributed by atoms with Crippen LogP contribution in [0, 0.1) is 18.8 Å². The number of nitrogens with one attached hydrogen (secondary N) is 1. The second-order valence-corrected chi connectivity index (χ2v) is 13.3. The van der Waals surface area contributed by atoms with E-state index in [0.717, 1.165) is 27.8 Å². The van der Waals surface area contributed by atoms with Gasteiger partial charge in [0.15, 0.2) is 0 Å². The Bertz CT molecular complexity index is 2010. The van der Waals surface area contributed by atoms with Gasteiger partial charge >= 0.3 is 23.9 Å². The molecule has 3 atom stereocenters. The predicted molar refractivity (Wildman–Crippen MR) is 200 cm³/mol. The summed E-state index contributed by atoms with van der Waals surface area (Å²) in [5, 5.41) is 0. The Morgan fingerprint density at radius 2 is 1.62 bits per heavy atom. The molecule has 1 N–H and O–H groups in total. The van der Waals surface area contributed by atoms with Gasteiger partial charge in [0.05, 0.1) is 55.7 Å². The number of methoxy groups -OCH3 is 2. The van der Waals surface area contributed by atoms with Gasteiger partial charge in [-0.3, -0.25) is 14.4 Å². The Morgan fingerprint density at radius 1 is 0.943 bits per heavy atom. The number of aromatic amines is 1. The molecule has 1 aromatic heterocycles. The van der Waals surface area contributed by atoms with E-state index in [0.29, 0.717) is 64.9 Å². The molecule has 5 rings (SSSR count). The maximum atomic E-state index is 12.9. The summed E-state index contributed by atoms with van der Waals surface area (Å²) >= 11 is 0. The van der Waals surface area contributed by atoms with Crippen molar-refractivity contribution in [2.24, 2.45) is 16.8 Å². The van der Waals surface area contributed by atoms with Gasteiger partial charge in [-0.25, -0.2) is 9.79 Å². The van der Waals surface area contributed by atoms with Gasteiger partial charge in [0.25, 0.3) is 0 Å². The summed E-state index contributed by atoms with van der Waals surface area (Å²) in [5.41, 5.74) is 7.97. The third kappa shape index (κ3) is 8.58. The standard InChI is InChI=1S/C42H46N2O9/c1-9-29-25(4)36(52-42(29)48)20-32-23(2)30(15-17-38(45)49-7)34(43-32)19-35-31(16-18-39(46)50-8)24(3)33(44-35)21-37-40(26(5)41(47)53-37)27(6)51-22-28-13-11-10-12-14-28/h9-14,19-21,26-27,40,43H,1,15-18,22H2,2-8H3/b35-19-,36-20-,37-21-/t26-,27+,40+/m1/s1. The highest BCUT2D eigenvalue weighted by atomic mass is 16.6. The van der Waals surface area contributed by atoms with Gasteiger partial charge < -0.3 is 28.7 Å². The molecule has 0 aliphatic carbocycles. The van der Waals surface area contributed by atoms with Crippen LogP contribution >= 0.6 is 0 Å². The van der Waals surface area contributed by atoms with Crippen molar-refractivity contribution in [3.05, 3.63) is 117 Å². The first kappa shape index (κ1) is 38.7. The van der Waals surface area contributed by atoms with Gasteiger partial charge in [0.2, 0.25) is 0 Å². The molecule has 0 spiro atoms. The molecule has 0 saturated carbocycles. The largest absolute Gasteiger partial charge is 0.469 e. The van der Waals surface area contributed by atoms with Crippen molar-refractivity contribution in [2.45, 2.75) is 73.0 Å². The highest BCUT2D eigenvalue weighted by Gasteiger charge is 2.42. The number of nitrogens with zero attached hydrogens (tertiary/aromatic N) is 1. The minimum atomic E-state index is -0.472. The van der Waals surface area contributed by atoms with Crippen molar-refractivity contribution in [1.82, 2.24) is 4.98 Å². The lowest BCUT2D eigenvalue weighted by molar-refractivity contribution is -0.141. The van der Waals surface area contributed by atoms with Crippen LogP contribution in [0.4, 0.5) is 0 Å². The number of aromatic nitrogens is 1. The number of H-pyrrole nitrogens is 1. The zero-order chi connectivity index (χ0) is 38.4. The van der Waals surface area contributed by atoms with Crippen LogP contribution in [0.3, 0.4) is 0 Å². The fourth-order valence-electron chi connectivity index (χ4n) is 6.76. The quantitative estimate of drug-likeness (QED) is 0.158. The molecule has 53 heavy (non-hydrogen) atoms. The van der Waals surface area contributed by atoms with E-state index in [1.54, 1.807) is 19.1 Å². The highest BCUT2D eigenvalue weighted by Crippen LogP contribution is 2.39. The Balaban J connectivity index is 1.56. The van der Waals surface area contributed by atoms with Crippen LogP contribution in [0.25, 0.3) is 12.2 Å². The number of aliphatic imine (C=N–C) groups is 1. The van der Waals surface area contributed by atoms with Crippen molar-refractivity contribution >= 4 is 41.7 Å². The van der Waals surface area contributed by atoms with E-state index in [2.05, 4.69) is 11.6 Å². The van der Waals surface area contributed by atoms with E-state index < -0.39 is 11.9 Å². The second kappa shape index (κ2) is 16.9. The lowest BCUT2D eigenvalue weighted by atomic mass is 9.89. The van der Waals surface area contributed by atoms with Crippen molar-refractivity contribution in [3.63, 3.8) is 0 Å². The first-order valence-electron chi connectivity index (χ1n) is 17.6. The zero-order valence-electron chi connectivity index (χ0n) is 31.3. The summed E-state index contributed by atoms with van der Waals surface area (Å²) in [4.78, 5) is 58.3. The number of benzene rings is 1. The van der Waals surface area contributed by atoms with Crippen LogP contribution in [-0.2, 0) is 55.9 Å². The normalized spacial score (nSPS) is 21.4. The second-order valence-electron chi connectivity index (χ2n) is 13.3. The number of rotatable bonds is 14. The minimum Gasteiger partial charge on any atom is -0.469 e. The molecule has 1 aromatic carbocycles. The Morgan fingerprint density at radius 3 is 2.26 bits per heavy atom. The van der Waals surface area contributed by atoms with Gasteiger partial charge in [0, 0.05) is 42.0 Å². The first-order chi connectivity index (χ1) is 25.4. The van der Waals surface area contributed by atoms with Crippen molar-refractivity contribution in [1.29, 1.82) is 0 Å². The highest BCUT2D eigenvalue weighted by molar-refractivity contribution is 6.13. The molecule has 3 aliphatic rings. The third-order valence-electron chi connectivity index (χ3n) is 10.0. The number of carbonyl (C=O) groups excluding carboxylic acids is 4. The Kier molecular flexibility index (Phi) is 12.3. The number of esters is 4. The fraction of sp³-hybridized carbons (Fsp3) is 0.357. The summed E-state index contributed by atoms with van der Waals surface area (Å²) < 4.78 is 27.5. The molecule has 11 nitrogen and oxygen atoms in total. The monoisotopic (exact) mass is 722 g/mol. The average Bonchev–Trinajstić information content (AvgIpc) is 3.80. The average molecular weight is 723 g/mol. The van der Waals surface area contributed by atoms with Crippen LogP contribution < -0.4 is 0 Å². The molecular formula is C42H46N2O9. The Labute approximate surface area is 309 Å². The fourth-order valence-corrected chi connectivity index (χ4v) is 6.76. The zero-order valence-corrected chi connectivity index (χ0v) is 31.3. The van der Waals surface area contributed by atoms with E-state index in [9.17, 15) is 19.2 Å². The molecule has 2 aromatic rings. The molecule has 1 fully saturated rings. The van der Waals surface area contributed by atoms with Crippen LogP contribution in [0.1, 0.15) is 75.0 Å². The van der Waals surface area contributed by atoms with Gasteiger partial charge in [-0.15, -0.1) is 0 Å². The molecule has 11 heteroatoms.